The Labute approximate surface area is 105 Å². The third-order valence-corrected chi connectivity index (χ3v) is 2.10. The van der Waals surface area contributed by atoms with Gasteiger partial charge in [-0.25, -0.2) is 4.68 Å². The van der Waals surface area contributed by atoms with Gasteiger partial charge in [-0.15, -0.1) is 5.10 Å². The quantitative estimate of drug-likeness (QED) is 0.864. The van der Waals surface area contributed by atoms with E-state index in [4.69, 9.17) is 16.3 Å². The molecule has 1 heterocycles. The second kappa shape index (κ2) is 4.85. The molecule has 1 aromatic carbocycles. The number of rotatable bonds is 3. The van der Waals surface area contributed by atoms with Crippen molar-refractivity contribution in [2.45, 2.75) is 12.7 Å². The summed E-state index contributed by atoms with van der Waals surface area (Å²) in [4.78, 5) is 3.61. The van der Waals surface area contributed by atoms with Crippen LogP contribution in [0.2, 0.25) is 5.02 Å². The lowest BCUT2D eigenvalue weighted by atomic mass is 10.3. The number of halogens is 4. The molecular weight excluding hydrogens is 271 g/mol. The van der Waals surface area contributed by atoms with Gasteiger partial charge in [0.05, 0.1) is 0 Å². The van der Waals surface area contributed by atoms with Crippen molar-refractivity contribution in [1.29, 1.82) is 0 Å². The Balaban J connectivity index is 2.07. The number of ether oxygens (including phenoxy) is 1. The molecule has 0 amide bonds. The van der Waals surface area contributed by atoms with Crippen molar-refractivity contribution in [2.75, 3.05) is 0 Å². The molecule has 0 aliphatic carbocycles. The zero-order chi connectivity index (χ0) is 13.2. The molecule has 0 N–H and O–H groups in total. The fraction of sp³-hybridized carbons (Fsp3) is 0.200. The summed E-state index contributed by atoms with van der Waals surface area (Å²) in [6.45, 7) is -1.21. The van der Waals surface area contributed by atoms with E-state index >= 15 is 0 Å². The molecule has 0 bridgehead atoms. The largest absolute Gasteiger partial charge is 0.423 e. The van der Waals surface area contributed by atoms with Crippen LogP contribution < -0.4 is 4.74 Å². The van der Waals surface area contributed by atoms with Crippen LogP contribution in [0, 0.1) is 0 Å². The van der Waals surface area contributed by atoms with Gasteiger partial charge in [-0.2, -0.15) is 18.2 Å². The van der Waals surface area contributed by atoms with Crippen LogP contribution in [0.3, 0.4) is 0 Å². The molecule has 2 rings (SSSR count). The normalized spacial score (nSPS) is 11.6. The molecule has 0 aliphatic rings. The van der Waals surface area contributed by atoms with Crippen LogP contribution >= 0.6 is 11.6 Å². The molecule has 0 spiro atoms. The Hall–Kier alpha value is -1.76. The Kier molecular flexibility index (Phi) is 3.42. The number of alkyl halides is 3. The number of hydrogen-bond donors (Lipinski definition) is 0. The highest BCUT2D eigenvalue weighted by molar-refractivity contribution is 6.30. The summed E-state index contributed by atoms with van der Waals surface area (Å²) < 4.78 is 42.1. The lowest BCUT2D eigenvalue weighted by molar-refractivity contribution is -0.142. The van der Waals surface area contributed by atoms with Crippen LogP contribution in [0.25, 0.3) is 0 Å². The fourth-order valence-corrected chi connectivity index (χ4v) is 1.40. The summed E-state index contributed by atoms with van der Waals surface area (Å²) in [6, 6.07) is 6.22. The van der Waals surface area contributed by atoms with Gasteiger partial charge in [0.25, 0.3) is 0 Å². The maximum absolute atomic E-state index is 12.1. The molecule has 18 heavy (non-hydrogen) atoms. The molecule has 0 aliphatic heterocycles. The van der Waals surface area contributed by atoms with Crippen molar-refractivity contribution in [3.8, 4) is 11.8 Å². The summed E-state index contributed by atoms with van der Waals surface area (Å²) in [7, 11) is 0. The average molecular weight is 278 g/mol. The van der Waals surface area contributed by atoms with Crippen molar-refractivity contribution in [1.82, 2.24) is 14.8 Å². The molecule has 1 aromatic heterocycles. The third kappa shape index (κ3) is 3.63. The molecule has 96 valence electrons. The Morgan fingerprint density at radius 1 is 1.33 bits per heavy atom. The smallest absolute Gasteiger partial charge is 0.408 e. The van der Waals surface area contributed by atoms with E-state index in [0.29, 0.717) is 15.5 Å². The highest BCUT2D eigenvalue weighted by Crippen LogP contribution is 2.22. The van der Waals surface area contributed by atoms with Crippen LogP contribution in [0.15, 0.2) is 30.6 Å². The van der Waals surface area contributed by atoms with Gasteiger partial charge in [-0.1, -0.05) is 17.7 Å². The lowest BCUT2D eigenvalue weighted by Crippen LogP contribution is -2.17. The molecule has 4 nitrogen and oxygen atoms in total. The third-order valence-electron chi connectivity index (χ3n) is 1.86. The lowest BCUT2D eigenvalue weighted by Gasteiger charge is -2.04. The van der Waals surface area contributed by atoms with Crippen molar-refractivity contribution >= 4 is 11.6 Å². The maximum atomic E-state index is 12.1. The zero-order valence-electron chi connectivity index (χ0n) is 8.86. The van der Waals surface area contributed by atoms with E-state index in [1.165, 1.54) is 6.07 Å². The van der Waals surface area contributed by atoms with Crippen LogP contribution in [-0.4, -0.2) is 20.9 Å². The van der Waals surface area contributed by atoms with Crippen LogP contribution in [0.4, 0.5) is 13.2 Å². The second-order valence-corrected chi connectivity index (χ2v) is 3.84. The van der Waals surface area contributed by atoms with Crippen molar-refractivity contribution in [3.05, 3.63) is 35.6 Å². The minimum absolute atomic E-state index is 0.165. The van der Waals surface area contributed by atoms with E-state index < -0.39 is 12.7 Å². The van der Waals surface area contributed by atoms with Crippen LogP contribution in [-0.2, 0) is 6.54 Å². The van der Waals surface area contributed by atoms with E-state index in [9.17, 15) is 13.2 Å². The first-order valence-electron chi connectivity index (χ1n) is 4.82. The van der Waals surface area contributed by atoms with E-state index in [1.54, 1.807) is 18.2 Å². The Bertz CT molecular complexity index is 541. The standard InChI is InChI=1S/C10H7ClF3N3O/c11-7-2-1-3-8(4-7)18-9-15-6-17(16-9)5-10(12,13)14/h1-4,6H,5H2. The molecule has 0 saturated heterocycles. The molecule has 2 aromatic rings. The number of hydrogen-bond acceptors (Lipinski definition) is 3. The van der Waals surface area contributed by atoms with E-state index in [0.717, 1.165) is 6.33 Å². The first kappa shape index (κ1) is 12.7. The predicted molar refractivity (Wildman–Crippen MR) is 57.6 cm³/mol. The van der Waals surface area contributed by atoms with Gasteiger partial charge in [0.1, 0.15) is 18.6 Å². The highest BCUT2D eigenvalue weighted by atomic mass is 35.5. The fourth-order valence-electron chi connectivity index (χ4n) is 1.22. The summed E-state index contributed by atoms with van der Waals surface area (Å²) in [5.41, 5.74) is 0. The van der Waals surface area contributed by atoms with Gasteiger partial charge in [-0.3, -0.25) is 0 Å². The molecule has 0 saturated carbocycles. The Morgan fingerprint density at radius 3 is 2.78 bits per heavy atom. The molecular formula is C10H7ClF3N3O. The first-order chi connectivity index (χ1) is 8.42. The monoisotopic (exact) mass is 277 g/mol. The number of aromatic nitrogens is 3. The zero-order valence-corrected chi connectivity index (χ0v) is 9.61. The highest BCUT2D eigenvalue weighted by Gasteiger charge is 2.28. The van der Waals surface area contributed by atoms with Crippen LogP contribution in [0.1, 0.15) is 0 Å². The number of nitrogens with zero attached hydrogens (tertiary/aromatic N) is 3. The Morgan fingerprint density at radius 2 is 2.11 bits per heavy atom. The number of benzene rings is 1. The van der Waals surface area contributed by atoms with Crippen molar-refractivity contribution in [2.24, 2.45) is 0 Å². The van der Waals surface area contributed by atoms with Crippen molar-refractivity contribution in [3.63, 3.8) is 0 Å². The van der Waals surface area contributed by atoms with Gasteiger partial charge in [-0.05, 0) is 18.2 Å². The maximum Gasteiger partial charge on any atom is 0.408 e. The van der Waals surface area contributed by atoms with Gasteiger partial charge < -0.3 is 4.74 Å². The van der Waals surface area contributed by atoms with Gasteiger partial charge >= 0.3 is 12.2 Å². The molecule has 0 fully saturated rings. The van der Waals surface area contributed by atoms with E-state index in [1.807, 2.05) is 0 Å². The van der Waals surface area contributed by atoms with Gasteiger partial charge in [0.15, 0.2) is 0 Å². The summed E-state index contributed by atoms with van der Waals surface area (Å²) in [5.74, 6) is 0.354. The summed E-state index contributed by atoms with van der Waals surface area (Å²) in [6.07, 6.45) is -3.39. The van der Waals surface area contributed by atoms with Crippen LogP contribution in [0.5, 0.6) is 11.8 Å². The first-order valence-corrected chi connectivity index (χ1v) is 5.20. The molecule has 0 atom stereocenters. The predicted octanol–water partition coefficient (Wildman–Crippen LogP) is 3.29. The van der Waals surface area contributed by atoms with E-state index in [2.05, 4.69) is 10.1 Å². The van der Waals surface area contributed by atoms with Gasteiger partial charge in [0.2, 0.25) is 0 Å². The second-order valence-electron chi connectivity index (χ2n) is 3.40. The minimum Gasteiger partial charge on any atom is -0.423 e. The minimum atomic E-state index is -4.35. The molecule has 0 radical (unpaired) electrons. The van der Waals surface area contributed by atoms with E-state index in [-0.39, 0.29) is 6.01 Å². The van der Waals surface area contributed by atoms with Gasteiger partial charge in [0, 0.05) is 5.02 Å². The molecule has 0 unspecified atom stereocenters. The topological polar surface area (TPSA) is 39.9 Å². The average Bonchev–Trinajstić information content (AvgIpc) is 2.62. The molecule has 8 heteroatoms. The van der Waals surface area contributed by atoms with Crippen molar-refractivity contribution < 1.29 is 17.9 Å². The summed E-state index contributed by atoms with van der Waals surface area (Å²) >= 11 is 5.73. The SMILES string of the molecule is FC(F)(F)Cn1cnc(Oc2cccc(Cl)c2)n1. The summed E-state index contributed by atoms with van der Waals surface area (Å²) in [5, 5.41) is 3.99.